The number of aliphatic imine (C=N–C) groups is 1. The first-order valence-corrected chi connectivity index (χ1v) is 11.5. The van der Waals surface area contributed by atoms with Gasteiger partial charge in [0, 0.05) is 19.5 Å². The standard InChI is InChI=1S/C24H38N4O2/c1-3-5-16-24(17-6-4-2)22(30)28(23(25)27-24)19-11-10-18-26-21(29)15-14-20-12-8-7-9-13-20/h7-9,12-13H,3-6,10-11,14-19H2,1-2H3,(H2,25,27)(H,26,29). The molecule has 6 heteroatoms. The van der Waals surface area contributed by atoms with Crippen LogP contribution >= 0.6 is 0 Å². The number of rotatable bonds is 14. The van der Waals surface area contributed by atoms with Crippen molar-refractivity contribution in [1.82, 2.24) is 10.2 Å². The summed E-state index contributed by atoms with van der Waals surface area (Å²) in [5.41, 5.74) is 6.65. The van der Waals surface area contributed by atoms with Crippen LogP contribution in [-0.4, -0.2) is 41.3 Å². The second-order valence-electron chi connectivity index (χ2n) is 8.21. The molecule has 0 unspecified atom stereocenters. The largest absolute Gasteiger partial charge is 0.369 e. The summed E-state index contributed by atoms with van der Waals surface area (Å²) in [5, 5.41) is 2.97. The van der Waals surface area contributed by atoms with Crippen molar-refractivity contribution in [2.24, 2.45) is 10.7 Å². The number of carbonyl (C=O) groups excluding carboxylic acids is 2. The summed E-state index contributed by atoms with van der Waals surface area (Å²) >= 11 is 0. The normalized spacial score (nSPS) is 15.3. The van der Waals surface area contributed by atoms with E-state index in [1.54, 1.807) is 4.90 Å². The van der Waals surface area contributed by atoms with Crippen LogP contribution in [0.2, 0.25) is 0 Å². The Morgan fingerprint density at radius 2 is 1.73 bits per heavy atom. The molecule has 2 rings (SSSR count). The number of amides is 2. The van der Waals surface area contributed by atoms with Crippen LogP contribution < -0.4 is 11.1 Å². The van der Waals surface area contributed by atoms with Gasteiger partial charge in [0.15, 0.2) is 5.96 Å². The molecule has 1 heterocycles. The van der Waals surface area contributed by atoms with Crippen molar-refractivity contribution in [2.45, 2.75) is 83.6 Å². The predicted octanol–water partition coefficient (Wildman–Crippen LogP) is 3.79. The lowest BCUT2D eigenvalue weighted by atomic mass is 9.87. The van der Waals surface area contributed by atoms with Gasteiger partial charge in [-0.1, -0.05) is 69.9 Å². The van der Waals surface area contributed by atoms with Crippen LogP contribution in [0.15, 0.2) is 35.3 Å². The van der Waals surface area contributed by atoms with E-state index < -0.39 is 5.54 Å². The van der Waals surface area contributed by atoms with E-state index in [-0.39, 0.29) is 11.8 Å². The van der Waals surface area contributed by atoms with Gasteiger partial charge in [0.1, 0.15) is 5.54 Å². The molecular weight excluding hydrogens is 376 g/mol. The first-order chi connectivity index (χ1) is 14.5. The number of hydrogen-bond donors (Lipinski definition) is 2. The number of aryl methyl sites for hydroxylation is 1. The Hall–Kier alpha value is -2.37. The number of guanidine groups is 1. The zero-order valence-electron chi connectivity index (χ0n) is 18.7. The van der Waals surface area contributed by atoms with Crippen LogP contribution in [0.4, 0.5) is 0 Å². The molecule has 166 valence electrons. The van der Waals surface area contributed by atoms with Gasteiger partial charge >= 0.3 is 0 Å². The Kier molecular flexibility index (Phi) is 9.84. The van der Waals surface area contributed by atoms with Gasteiger partial charge in [-0.15, -0.1) is 0 Å². The molecule has 3 N–H and O–H groups in total. The number of unbranched alkanes of at least 4 members (excludes halogenated alkanes) is 3. The van der Waals surface area contributed by atoms with E-state index in [0.29, 0.717) is 25.5 Å². The van der Waals surface area contributed by atoms with Crippen LogP contribution in [0.1, 0.15) is 77.2 Å². The Morgan fingerprint density at radius 1 is 1.07 bits per heavy atom. The van der Waals surface area contributed by atoms with E-state index in [2.05, 4.69) is 24.2 Å². The molecule has 1 aliphatic rings. The maximum absolute atomic E-state index is 13.1. The van der Waals surface area contributed by atoms with Gasteiger partial charge in [-0.25, -0.2) is 4.99 Å². The average Bonchev–Trinajstić information content (AvgIpc) is 2.99. The van der Waals surface area contributed by atoms with Gasteiger partial charge < -0.3 is 11.1 Å². The lowest BCUT2D eigenvalue weighted by Gasteiger charge is -2.26. The highest BCUT2D eigenvalue weighted by Gasteiger charge is 2.46. The second-order valence-corrected chi connectivity index (χ2v) is 8.21. The molecule has 1 aromatic carbocycles. The summed E-state index contributed by atoms with van der Waals surface area (Å²) in [6, 6.07) is 10.0. The zero-order valence-corrected chi connectivity index (χ0v) is 18.7. The molecule has 0 aliphatic carbocycles. The highest BCUT2D eigenvalue weighted by Crippen LogP contribution is 2.32. The van der Waals surface area contributed by atoms with Crippen molar-refractivity contribution in [3.8, 4) is 0 Å². The molecule has 0 radical (unpaired) electrons. The predicted molar refractivity (Wildman–Crippen MR) is 122 cm³/mol. The van der Waals surface area contributed by atoms with Gasteiger partial charge in [0.05, 0.1) is 0 Å². The molecule has 0 bridgehead atoms. The molecule has 0 fully saturated rings. The summed E-state index contributed by atoms with van der Waals surface area (Å²) in [5.74, 6) is 0.489. The minimum atomic E-state index is -0.651. The molecule has 30 heavy (non-hydrogen) atoms. The molecule has 1 aromatic rings. The lowest BCUT2D eigenvalue weighted by Crippen LogP contribution is -2.45. The lowest BCUT2D eigenvalue weighted by molar-refractivity contribution is -0.132. The van der Waals surface area contributed by atoms with Crippen LogP contribution in [-0.2, 0) is 16.0 Å². The monoisotopic (exact) mass is 414 g/mol. The molecule has 0 saturated heterocycles. The second kappa shape index (κ2) is 12.4. The molecule has 0 spiro atoms. The van der Waals surface area contributed by atoms with Crippen molar-refractivity contribution < 1.29 is 9.59 Å². The molecule has 6 nitrogen and oxygen atoms in total. The van der Waals surface area contributed by atoms with Gasteiger partial charge in [-0.3, -0.25) is 14.5 Å². The van der Waals surface area contributed by atoms with Gasteiger partial charge in [0.2, 0.25) is 5.91 Å². The molecule has 1 aliphatic heterocycles. The van der Waals surface area contributed by atoms with Crippen LogP contribution in [0.5, 0.6) is 0 Å². The number of nitrogens with zero attached hydrogens (tertiary/aromatic N) is 2. The minimum Gasteiger partial charge on any atom is -0.369 e. The Balaban J connectivity index is 1.71. The van der Waals surface area contributed by atoms with Gasteiger partial charge in [-0.05, 0) is 37.7 Å². The van der Waals surface area contributed by atoms with E-state index in [0.717, 1.165) is 57.8 Å². The number of nitrogens with one attached hydrogen (secondary N) is 1. The summed E-state index contributed by atoms with van der Waals surface area (Å²) in [4.78, 5) is 31.4. The maximum atomic E-state index is 13.1. The Bertz CT molecular complexity index is 694. The minimum absolute atomic E-state index is 0.0637. The topological polar surface area (TPSA) is 87.8 Å². The van der Waals surface area contributed by atoms with Gasteiger partial charge in [0.25, 0.3) is 5.91 Å². The SMILES string of the molecule is CCCCC1(CCCC)N=C(N)N(CCCCNC(=O)CCc2ccccc2)C1=O. The van der Waals surface area contributed by atoms with Crippen LogP contribution in [0.3, 0.4) is 0 Å². The Labute approximate surface area is 181 Å². The summed E-state index contributed by atoms with van der Waals surface area (Å²) in [6.07, 6.45) is 8.44. The fourth-order valence-electron chi connectivity index (χ4n) is 3.90. The molecule has 0 saturated carbocycles. The third-order valence-electron chi connectivity index (χ3n) is 5.75. The molecular formula is C24H38N4O2. The number of nitrogens with two attached hydrogens (primary N) is 1. The maximum Gasteiger partial charge on any atom is 0.257 e. The summed E-state index contributed by atoms with van der Waals surface area (Å²) in [6.45, 7) is 5.44. The number of benzene rings is 1. The number of carbonyl (C=O) groups is 2. The van der Waals surface area contributed by atoms with Crippen molar-refractivity contribution in [1.29, 1.82) is 0 Å². The highest BCUT2D eigenvalue weighted by molar-refractivity contribution is 6.06. The van der Waals surface area contributed by atoms with Gasteiger partial charge in [-0.2, -0.15) is 0 Å². The Morgan fingerprint density at radius 3 is 2.37 bits per heavy atom. The zero-order chi connectivity index (χ0) is 21.8. The third kappa shape index (κ3) is 6.85. The molecule has 0 aromatic heterocycles. The van der Waals surface area contributed by atoms with E-state index >= 15 is 0 Å². The molecule has 2 amide bonds. The van der Waals surface area contributed by atoms with Crippen molar-refractivity contribution >= 4 is 17.8 Å². The van der Waals surface area contributed by atoms with Crippen molar-refractivity contribution in [2.75, 3.05) is 13.1 Å². The van der Waals surface area contributed by atoms with E-state index in [4.69, 9.17) is 5.73 Å². The van der Waals surface area contributed by atoms with Crippen molar-refractivity contribution in [3.05, 3.63) is 35.9 Å². The quantitative estimate of drug-likeness (QED) is 0.454. The van der Waals surface area contributed by atoms with Crippen molar-refractivity contribution in [3.63, 3.8) is 0 Å². The molecule has 0 atom stereocenters. The fourth-order valence-corrected chi connectivity index (χ4v) is 3.90. The fraction of sp³-hybridized carbons (Fsp3) is 0.625. The van der Waals surface area contributed by atoms with E-state index in [1.165, 1.54) is 5.56 Å². The average molecular weight is 415 g/mol. The van der Waals surface area contributed by atoms with Crippen LogP contribution in [0.25, 0.3) is 0 Å². The van der Waals surface area contributed by atoms with E-state index in [9.17, 15) is 9.59 Å². The number of hydrogen-bond acceptors (Lipinski definition) is 4. The third-order valence-corrected chi connectivity index (χ3v) is 5.75. The first kappa shape index (κ1) is 23.9. The summed E-state index contributed by atoms with van der Waals surface area (Å²) in [7, 11) is 0. The highest BCUT2D eigenvalue weighted by atomic mass is 16.2. The first-order valence-electron chi connectivity index (χ1n) is 11.5. The van der Waals surface area contributed by atoms with Crippen LogP contribution in [0, 0.1) is 0 Å². The smallest absolute Gasteiger partial charge is 0.257 e. The summed E-state index contributed by atoms with van der Waals surface area (Å²) < 4.78 is 0. The van der Waals surface area contributed by atoms with E-state index in [1.807, 2.05) is 30.3 Å².